The highest BCUT2D eigenvalue weighted by Crippen LogP contribution is 2.29. The third-order valence-corrected chi connectivity index (χ3v) is 4.68. The molecule has 1 aliphatic heterocycles. The topological polar surface area (TPSA) is 84.9 Å². The zero-order valence-corrected chi connectivity index (χ0v) is 15.6. The van der Waals surface area contributed by atoms with E-state index in [0.717, 1.165) is 18.6 Å². The van der Waals surface area contributed by atoms with Crippen LogP contribution in [0.4, 0.5) is 17.1 Å². The summed E-state index contributed by atoms with van der Waals surface area (Å²) in [4.78, 5) is 38.1. The fourth-order valence-electron chi connectivity index (χ4n) is 3.38. The predicted octanol–water partition coefficient (Wildman–Crippen LogP) is 2.20. The van der Waals surface area contributed by atoms with E-state index < -0.39 is 10.9 Å². The largest absolute Gasteiger partial charge is 0.494 e. The molecule has 2 aromatic carbocycles. The summed E-state index contributed by atoms with van der Waals surface area (Å²) in [5.41, 5.74) is 0.312. The van der Waals surface area contributed by atoms with Crippen LogP contribution in [0.2, 0.25) is 0 Å². The van der Waals surface area contributed by atoms with Crippen LogP contribution in [0.15, 0.2) is 33.9 Å². The summed E-state index contributed by atoms with van der Waals surface area (Å²) in [5.74, 6) is 0.213. The molecule has 0 aromatic heterocycles. The number of hydrogen-bond donors (Lipinski definition) is 1. The number of piperidine rings is 1. The van der Waals surface area contributed by atoms with E-state index in [0.29, 0.717) is 37.7 Å². The maximum Gasteiger partial charge on any atom is 0.310 e. The van der Waals surface area contributed by atoms with Gasteiger partial charge in [-0.2, -0.15) is 0 Å². The normalized spacial score (nSPS) is 17.0. The zero-order valence-electron chi connectivity index (χ0n) is 15.6. The van der Waals surface area contributed by atoms with Gasteiger partial charge < -0.3 is 19.7 Å². The summed E-state index contributed by atoms with van der Waals surface area (Å²) in [5, 5.41) is 3.04. The molecule has 1 atom stereocenters. The van der Waals surface area contributed by atoms with Crippen LogP contribution < -0.4 is 25.8 Å². The van der Waals surface area contributed by atoms with Gasteiger partial charge in [-0.3, -0.25) is 14.4 Å². The minimum absolute atomic E-state index is 0.248. The summed E-state index contributed by atoms with van der Waals surface area (Å²) >= 11 is 0. The lowest BCUT2D eigenvalue weighted by Crippen LogP contribution is -2.47. The second-order valence-corrected chi connectivity index (χ2v) is 6.50. The Morgan fingerprint density at radius 1 is 1.15 bits per heavy atom. The number of nitrogens with one attached hydrogen (secondary N) is 1. The van der Waals surface area contributed by atoms with Crippen LogP contribution in [0.1, 0.15) is 26.7 Å². The Balaban J connectivity index is 1.76. The molecule has 2 aromatic rings. The molecule has 0 amide bonds. The summed E-state index contributed by atoms with van der Waals surface area (Å²) in [6.07, 6.45) is 1.50. The quantitative estimate of drug-likeness (QED) is 0.589. The Morgan fingerprint density at radius 2 is 1.89 bits per heavy atom. The molecule has 0 radical (unpaired) electrons. The molecule has 0 bridgehead atoms. The average molecular weight is 372 g/mol. The molecule has 0 unspecified atom stereocenters. The molecule has 1 N–H and O–H groups in total. The van der Waals surface area contributed by atoms with E-state index >= 15 is 0 Å². The molecule has 0 spiro atoms. The van der Waals surface area contributed by atoms with Gasteiger partial charge in [-0.1, -0.05) is 0 Å². The molecule has 3 rings (SSSR count). The number of rotatable bonds is 7. The van der Waals surface area contributed by atoms with Crippen molar-refractivity contribution in [2.75, 3.05) is 36.5 Å². The standard InChI is InChI=1S/C20H24N2O5/c1-3-26-15-9-7-14(8-10-15)21-16-17(19(24)18(16)23)22-11-5-6-13(12-22)20(25)27-4-2/h7-10,13,21H,3-6,11-12H2,1-2H3/t13-/m0/s1. The maximum atomic E-state index is 12.2. The van der Waals surface area contributed by atoms with E-state index in [-0.39, 0.29) is 17.6 Å². The van der Waals surface area contributed by atoms with Crippen molar-refractivity contribution >= 4 is 23.0 Å². The number of anilines is 3. The van der Waals surface area contributed by atoms with Crippen molar-refractivity contribution in [2.45, 2.75) is 26.7 Å². The molecule has 0 aliphatic carbocycles. The van der Waals surface area contributed by atoms with E-state index in [1.54, 1.807) is 31.2 Å². The van der Waals surface area contributed by atoms with Crippen LogP contribution in [0, 0.1) is 5.92 Å². The molecule has 1 heterocycles. The van der Waals surface area contributed by atoms with Gasteiger partial charge >= 0.3 is 5.97 Å². The SMILES string of the molecule is CCOC(=O)[C@H]1CCCN(c2c(Nc3ccc(OCC)cc3)c(=O)c2=O)C1. The highest BCUT2D eigenvalue weighted by Gasteiger charge is 2.32. The van der Waals surface area contributed by atoms with Crippen LogP contribution in [-0.2, 0) is 9.53 Å². The lowest BCUT2D eigenvalue weighted by atomic mass is 9.96. The van der Waals surface area contributed by atoms with E-state index in [4.69, 9.17) is 9.47 Å². The van der Waals surface area contributed by atoms with Gasteiger partial charge in [-0.25, -0.2) is 0 Å². The van der Waals surface area contributed by atoms with Gasteiger partial charge in [0.1, 0.15) is 17.1 Å². The van der Waals surface area contributed by atoms with Gasteiger partial charge in [0.05, 0.1) is 19.1 Å². The molecule has 27 heavy (non-hydrogen) atoms. The first-order valence-corrected chi connectivity index (χ1v) is 9.29. The van der Waals surface area contributed by atoms with E-state index in [9.17, 15) is 14.4 Å². The van der Waals surface area contributed by atoms with E-state index in [2.05, 4.69) is 5.32 Å². The van der Waals surface area contributed by atoms with Gasteiger partial charge in [-0.05, 0) is 51.0 Å². The van der Waals surface area contributed by atoms with Crippen molar-refractivity contribution in [2.24, 2.45) is 5.92 Å². The molecule has 1 saturated heterocycles. The second kappa shape index (κ2) is 8.24. The Morgan fingerprint density at radius 3 is 2.56 bits per heavy atom. The van der Waals surface area contributed by atoms with Crippen LogP contribution in [0.5, 0.6) is 5.75 Å². The number of carbonyl (C=O) groups excluding carboxylic acids is 1. The Hall–Kier alpha value is -2.83. The van der Waals surface area contributed by atoms with Crippen molar-refractivity contribution in [3.63, 3.8) is 0 Å². The molecule has 0 saturated carbocycles. The third kappa shape index (κ3) is 3.97. The summed E-state index contributed by atoms with van der Waals surface area (Å²) in [6, 6.07) is 7.19. The first-order valence-electron chi connectivity index (χ1n) is 9.29. The minimum atomic E-state index is -0.530. The van der Waals surface area contributed by atoms with Crippen LogP contribution in [0.25, 0.3) is 0 Å². The fraction of sp³-hybridized carbons (Fsp3) is 0.450. The zero-order chi connectivity index (χ0) is 19.4. The number of benzene rings is 1. The smallest absolute Gasteiger partial charge is 0.310 e. The summed E-state index contributed by atoms with van der Waals surface area (Å²) in [6.45, 7) is 5.62. The average Bonchev–Trinajstić information content (AvgIpc) is 2.69. The first kappa shape index (κ1) is 18.9. The van der Waals surface area contributed by atoms with E-state index in [1.807, 2.05) is 11.8 Å². The van der Waals surface area contributed by atoms with Gasteiger partial charge in [0.25, 0.3) is 10.9 Å². The summed E-state index contributed by atoms with van der Waals surface area (Å²) < 4.78 is 10.5. The molecular formula is C20H24N2O5. The number of nitrogens with zero attached hydrogens (tertiary/aromatic N) is 1. The molecular weight excluding hydrogens is 348 g/mol. The fourth-order valence-corrected chi connectivity index (χ4v) is 3.38. The van der Waals surface area contributed by atoms with Gasteiger partial charge in [0.2, 0.25) is 0 Å². The highest BCUT2D eigenvalue weighted by molar-refractivity contribution is 5.81. The predicted molar refractivity (Wildman–Crippen MR) is 104 cm³/mol. The molecule has 1 fully saturated rings. The molecule has 7 heteroatoms. The van der Waals surface area contributed by atoms with Crippen molar-refractivity contribution < 1.29 is 14.3 Å². The Labute approximate surface area is 157 Å². The van der Waals surface area contributed by atoms with Crippen LogP contribution in [0.3, 0.4) is 0 Å². The number of esters is 1. The summed E-state index contributed by atoms with van der Waals surface area (Å²) in [7, 11) is 0. The van der Waals surface area contributed by atoms with Crippen molar-refractivity contribution in [1.29, 1.82) is 0 Å². The van der Waals surface area contributed by atoms with Crippen molar-refractivity contribution in [3.05, 3.63) is 44.7 Å². The van der Waals surface area contributed by atoms with Gasteiger partial charge in [-0.15, -0.1) is 0 Å². The van der Waals surface area contributed by atoms with Gasteiger partial charge in [0.15, 0.2) is 0 Å². The maximum absolute atomic E-state index is 12.2. The lowest BCUT2D eigenvalue weighted by molar-refractivity contribution is -0.148. The van der Waals surface area contributed by atoms with Crippen molar-refractivity contribution in [3.8, 4) is 5.75 Å². The minimum Gasteiger partial charge on any atom is -0.494 e. The lowest BCUT2D eigenvalue weighted by Gasteiger charge is -2.34. The number of hydrogen-bond acceptors (Lipinski definition) is 7. The first-order chi connectivity index (χ1) is 13.0. The second-order valence-electron chi connectivity index (χ2n) is 6.50. The van der Waals surface area contributed by atoms with Crippen LogP contribution in [-0.4, -0.2) is 32.3 Å². The molecule has 7 nitrogen and oxygen atoms in total. The van der Waals surface area contributed by atoms with Crippen LogP contribution >= 0.6 is 0 Å². The highest BCUT2D eigenvalue weighted by atomic mass is 16.5. The molecule has 144 valence electrons. The monoisotopic (exact) mass is 372 g/mol. The van der Waals surface area contributed by atoms with Gasteiger partial charge in [0, 0.05) is 18.8 Å². The van der Waals surface area contributed by atoms with Crippen molar-refractivity contribution in [1.82, 2.24) is 0 Å². The number of carbonyl (C=O) groups is 1. The number of ether oxygens (including phenoxy) is 2. The molecule has 1 aliphatic rings. The third-order valence-electron chi connectivity index (χ3n) is 4.68. The van der Waals surface area contributed by atoms with E-state index in [1.165, 1.54) is 0 Å². The Bertz CT molecular complexity index is 868. The Kier molecular flexibility index (Phi) is 5.78.